The van der Waals surface area contributed by atoms with Gasteiger partial charge in [0.15, 0.2) is 0 Å². The number of nitrogens with one attached hydrogen (secondary N) is 1. The zero-order valence-electron chi connectivity index (χ0n) is 11.9. The topological polar surface area (TPSA) is 12.0 Å². The lowest BCUT2D eigenvalue weighted by molar-refractivity contribution is 0.340. The highest BCUT2D eigenvalue weighted by molar-refractivity contribution is 5.26. The van der Waals surface area contributed by atoms with Crippen LogP contribution < -0.4 is 5.32 Å². The second-order valence-electron chi connectivity index (χ2n) is 5.61. The summed E-state index contributed by atoms with van der Waals surface area (Å²) in [5.74, 6) is 0.777. The van der Waals surface area contributed by atoms with E-state index in [0.717, 1.165) is 18.4 Å². The molecule has 1 nitrogen and oxygen atoms in total. The summed E-state index contributed by atoms with van der Waals surface area (Å²) in [6.45, 7) is 5.64. The van der Waals surface area contributed by atoms with E-state index in [9.17, 15) is 0 Å². The van der Waals surface area contributed by atoms with Crippen molar-refractivity contribution in [1.82, 2.24) is 5.32 Å². The van der Waals surface area contributed by atoms with Gasteiger partial charge in [0.1, 0.15) is 0 Å². The lowest BCUT2D eigenvalue weighted by atomic mass is 9.81. The molecule has 1 aliphatic rings. The van der Waals surface area contributed by atoms with Crippen molar-refractivity contribution in [2.45, 2.75) is 64.3 Å². The number of aryl methyl sites for hydroxylation is 1. The van der Waals surface area contributed by atoms with E-state index >= 15 is 0 Å². The van der Waals surface area contributed by atoms with Crippen LogP contribution in [0.1, 0.15) is 63.0 Å². The molecule has 1 fully saturated rings. The lowest BCUT2D eigenvalue weighted by Crippen LogP contribution is -2.33. The molecule has 1 aliphatic carbocycles. The van der Waals surface area contributed by atoms with Gasteiger partial charge in [0, 0.05) is 6.04 Å². The molecule has 2 unspecified atom stereocenters. The van der Waals surface area contributed by atoms with E-state index in [0.29, 0.717) is 0 Å². The molecule has 0 aromatic heterocycles. The van der Waals surface area contributed by atoms with Crippen molar-refractivity contribution in [3.05, 3.63) is 35.4 Å². The van der Waals surface area contributed by atoms with Gasteiger partial charge in [0.05, 0.1) is 0 Å². The van der Waals surface area contributed by atoms with Crippen molar-refractivity contribution >= 4 is 0 Å². The molecule has 1 aromatic rings. The van der Waals surface area contributed by atoms with Crippen LogP contribution in [0.4, 0.5) is 0 Å². The molecule has 2 rings (SSSR count). The summed E-state index contributed by atoms with van der Waals surface area (Å²) in [6.07, 6.45) is 7.82. The molecule has 100 valence electrons. The average Bonchev–Trinajstić information content (AvgIpc) is 2.45. The quantitative estimate of drug-likeness (QED) is 0.816. The van der Waals surface area contributed by atoms with Gasteiger partial charge in [-0.2, -0.15) is 0 Å². The minimum Gasteiger partial charge on any atom is -0.314 e. The molecule has 18 heavy (non-hydrogen) atoms. The average molecular weight is 245 g/mol. The van der Waals surface area contributed by atoms with Crippen molar-refractivity contribution in [3.8, 4) is 0 Å². The van der Waals surface area contributed by atoms with Gasteiger partial charge in [0.25, 0.3) is 0 Å². The molecule has 1 aromatic carbocycles. The monoisotopic (exact) mass is 245 g/mol. The van der Waals surface area contributed by atoms with Crippen LogP contribution in [0.15, 0.2) is 24.3 Å². The van der Waals surface area contributed by atoms with Gasteiger partial charge in [-0.1, -0.05) is 44.5 Å². The highest BCUT2D eigenvalue weighted by Gasteiger charge is 2.22. The summed E-state index contributed by atoms with van der Waals surface area (Å²) in [4.78, 5) is 0. The summed E-state index contributed by atoms with van der Waals surface area (Å²) in [5, 5.41) is 3.69. The lowest BCUT2D eigenvalue weighted by Gasteiger charge is -2.30. The maximum absolute atomic E-state index is 3.69. The van der Waals surface area contributed by atoms with Crippen LogP contribution in [0.2, 0.25) is 0 Å². The van der Waals surface area contributed by atoms with Gasteiger partial charge < -0.3 is 5.32 Å². The van der Waals surface area contributed by atoms with Crippen molar-refractivity contribution in [2.24, 2.45) is 0 Å². The third kappa shape index (κ3) is 3.58. The summed E-state index contributed by atoms with van der Waals surface area (Å²) in [7, 11) is 0. The SMILES string of the molecule is CCCNC1CCCC(c2ccc(CC)cc2)C1. The van der Waals surface area contributed by atoms with Crippen LogP contribution in [0.3, 0.4) is 0 Å². The Labute approximate surface area is 112 Å². The van der Waals surface area contributed by atoms with Crippen LogP contribution in [0.25, 0.3) is 0 Å². The molecule has 0 bridgehead atoms. The highest BCUT2D eigenvalue weighted by atomic mass is 14.9. The zero-order valence-corrected chi connectivity index (χ0v) is 11.9. The Bertz CT molecular complexity index is 341. The number of hydrogen-bond donors (Lipinski definition) is 1. The van der Waals surface area contributed by atoms with E-state index in [-0.39, 0.29) is 0 Å². The normalized spacial score (nSPS) is 24.1. The number of hydrogen-bond acceptors (Lipinski definition) is 1. The summed E-state index contributed by atoms with van der Waals surface area (Å²) in [6, 6.07) is 10.1. The van der Waals surface area contributed by atoms with E-state index in [1.54, 1.807) is 5.56 Å². The molecule has 1 saturated carbocycles. The summed E-state index contributed by atoms with van der Waals surface area (Å²) < 4.78 is 0. The minimum atomic E-state index is 0.745. The molecule has 0 saturated heterocycles. The van der Waals surface area contributed by atoms with Crippen LogP contribution >= 0.6 is 0 Å². The van der Waals surface area contributed by atoms with Crippen LogP contribution in [0, 0.1) is 0 Å². The van der Waals surface area contributed by atoms with Gasteiger partial charge in [-0.05, 0) is 55.7 Å². The van der Waals surface area contributed by atoms with Crippen molar-refractivity contribution in [2.75, 3.05) is 6.54 Å². The van der Waals surface area contributed by atoms with E-state index < -0.39 is 0 Å². The predicted octanol–water partition coefficient (Wildman–Crippen LogP) is 4.27. The Kier molecular flexibility index (Phi) is 5.25. The van der Waals surface area contributed by atoms with Crippen LogP contribution in [-0.2, 0) is 6.42 Å². The molecule has 0 amide bonds. The first kappa shape index (κ1) is 13.6. The fraction of sp³-hybridized carbons (Fsp3) is 0.647. The summed E-state index contributed by atoms with van der Waals surface area (Å²) >= 11 is 0. The predicted molar refractivity (Wildman–Crippen MR) is 79.1 cm³/mol. The van der Waals surface area contributed by atoms with Gasteiger partial charge in [0.2, 0.25) is 0 Å². The first-order chi connectivity index (χ1) is 8.83. The highest BCUT2D eigenvalue weighted by Crippen LogP contribution is 2.33. The second kappa shape index (κ2) is 6.94. The summed E-state index contributed by atoms with van der Waals surface area (Å²) in [5.41, 5.74) is 3.01. The Hall–Kier alpha value is -0.820. The number of rotatable bonds is 5. The molecular formula is C17H27N. The van der Waals surface area contributed by atoms with E-state index in [2.05, 4.69) is 43.4 Å². The first-order valence-electron chi connectivity index (χ1n) is 7.65. The van der Waals surface area contributed by atoms with E-state index in [1.165, 1.54) is 44.2 Å². The van der Waals surface area contributed by atoms with Crippen molar-refractivity contribution < 1.29 is 0 Å². The maximum atomic E-state index is 3.69. The molecule has 0 heterocycles. The fourth-order valence-corrected chi connectivity index (χ4v) is 3.05. The Morgan fingerprint density at radius 1 is 1.11 bits per heavy atom. The minimum absolute atomic E-state index is 0.745. The van der Waals surface area contributed by atoms with E-state index in [4.69, 9.17) is 0 Å². The van der Waals surface area contributed by atoms with Crippen molar-refractivity contribution in [1.29, 1.82) is 0 Å². The third-order valence-corrected chi connectivity index (χ3v) is 4.22. The number of benzene rings is 1. The second-order valence-corrected chi connectivity index (χ2v) is 5.61. The largest absolute Gasteiger partial charge is 0.314 e. The molecule has 0 aliphatic heterocycles. The fourth-order valence-electron chi connectivity index (χ4n) is 3.05. The van der Waals surface area contributed by atoms with Crippen molar-refractivity contribution in [3.63, 3.8) is 0 Å². The smallest absolute Gasteiger partial charge is 0.00728 e. The Morgan fingerprint density at radius 3 is 2.56 bits per heavy atom. The van der Waals surface area contributed by atoms with Crippen LogP contribution in [-0.4, -0.2) is 12.6 Å². The zero-order chi connectivity index (χ0) is 12.8. The van der Waals surface area contributed by atoms with Crippen LogP contribution in [0.5, 0.6) is 0 Å². The maximum Gasteiger partial charge on any atom is 0.00728 e. The Morgan fingerprint density at radius 2 is 1.89 bits per heavy atom. The first-order valence-corrected chi connectivity index (χ1v) is 7.65. The molecule has 0 spiro atoms. The molecular weight excluding hydrogens is 218 g/mol. The van der Waals surface area contributed by atoms with Gasteiger partial charge in [-0.15, -0.1) is 0 Å². The van der Waals surface area contributed by atoms with Gasteiger partial charge >= 0.3 is 0 Å². The molecule has 1 N–H and O–H groups in total. The molecule has 1 heteroatoms. The molecule has 0 radical (unpaired) electrons. The molecule has 2 atom stereocenters. The van der Waals surface area contributed by atoms with Gasteiger partial charge in [-0.3, -0.25) is 0 Å². The van der Waals surface area contributed by atoms with Gasteiger partial charge in [-0.25, -0.2) is 0 Å². The third-order valence-electron chi connectivity index (χ3n) is 4.22. The van der Waals surface area contributed by atoms with E-state index in [1.807, 2.05) is 0 Å². The standard InChI is InChI=1S/C17H27N/c1-3-12-18-17-7-5-6-16(13-17)15-10-8-14(4-2)9-11-15/h8-11,16-18H,3-7,12-13H2,1-2H3. The Balaban J connectivity index is 1.94.